The van der Waals surface area contributed by atoms with Crippen molar-refractivity contribution in [2.75, 3.05) is 44.6 Å². The molecule has 1 aliphatic heterocycles. The van der Waals surface area contributed by atoms with Crippen LogP contribution in [0.15, 0.2) is 48.5 Å². The number of carbonyl (C=O) groups is 3. The lowest BCUT2D eigenvalue weighted by molar-refractivity contribution is -0.130. The number of piperazine rings is 1. The Bertz CT molecular complexity index is 1180. The Balaban J connectivity index is 1.50. The Morgan fingerprint density at radius 3 is 2.11 bits per heavy atom. The third-order valence-electron chi connectivity index (χ3n) is 5.34. The number of benzene rings is 2. The zero-order valence-corrected chi connectivity index (χ0v) is 19.6. The fourth-order valence-corrected chi connectivity index (χ4v) is 3.37. The van der Waals surface area contributed by atoms with Crippen molar-refractivity contribution in [1.29, 1.82) is 0 Å². The molecule has 2 aromatic rings. The van der Waals surface area contributed by atoms with Gasteiger partial charge in [-0.1, -0.05) is 11.8 Å². The molecule has 1 atom stereocenters. The van der Waals surface area contributed by atoms with E-state index in [2.05, 4.69) is 44.5 Å². The van der Waals surface area contributed by atoms with E-state index in [1.54, 1.807) is 36.4 Å². The Morgan fingerprint density at radius 1 is 0.972 bits per heavy atom. The average Bonchev–Trinajstić information content (AvgIpc) is 2.91. The molecule has 0 aliphatic carbocycles. The van der Waals surface area contributed by atoms with Crippen LogP contribution in [0.25, 0.3) is 0 Å². The number of hydroxylamine groups is 1. The normalized spacial score (nSPS) is 13.7. The van der Waals surface area contributed by atoms with Crippen LogP contribution in [0.4, 0.5) is 5.69 Å². The maximum absolute atomic E-state index is 12.2. The molecular weight excluding hydrogens is 460 g/mol. The maximum atomic E-state index is 12.2. The Hall–Kier alpha value is -4.19. The van der Waals surface area contributed by atoms with Crippen LogP contribution in [-0.4, -0.2) is 73.1 Å². The Morgan fingerprint density at radius 2 is 1.56 bits per heavy atom. The number of anilines is 1. The van der Waals surface area contributed by atoms with Crippen LogP contribution in [0.2, 0.25) is 0 Å². The molecule has 0 unspecified atom stereocenters. The van der Waals surface area contributed by atoms with Gasteiger partial charge < -0.3 is 21.7 Å². The summed E-state index contributed by atoms with van der Waals surface area (Å²) in [6.07, 6.45) is 0. The second kappa shape index (κ2) is 13.6. The molecule has 186 valence electrons. The van der Waals surface area contributed by atoms with E-state index in [9.17, 15) is 14.4 Å². The molecule has 1 heterocycles. The van der Waals surface area contributed by atoms with Gasteiger partial charge in [-0.2, -0.15) is 0 Å². The molecule has 7 N–H and O–H groups in total. The van der Waals surface area contributed by atoms with Gasteiger partial charge in [-0.3, -0.25) is 24.5 Å². The molecule has 3 amide bonds. The lowest BCUT2D eigenvalue weighted by Crippen LogP contribution is -2.50. The summed E-state index contributed by atoms with van der Waals surface area (Å²) in [4.78, 5) is 38.0. The first-order valence-electron chi connectivity index (χ1n) is 11.4. The summed E-state index contributed by atoms with van der Waals surface area (Å²) in [6, 6.07) is 12.6. The molecule has 0 spiro atoms. The maximum Gasteiger partial charge on any atom is 0.267 e. The van der Waals surface area contributed by atoms with Gasteiger partial charge in [0.2, 0.25) is 5.91 Å². The van der Waals surface area contributed by atoms with Crippen LogP contribution in [0.5, 0.6) is 0 Å². The highest BCUT2D eigenvalue weighted by atomic mass is 16.5. The number of hydrogen-bond donors (Lipinski definition) is 6. The molecule has 0 bridgehead atoms. The zero-order chi connectivity index (χ0) is 25.8. The van der Waals surface area contributed by atoms with Crippen LogP contribution in [0.1, 0.15) is 21.5 Å². The van der Waals surface area contributed by atoms with Crippen LogP contribution < -0.4 is 27.2 Å². The molecule has 0 aromatic heterocycles. The third kappa shape index (κ3) is 8.24. The Labute approximate surface area is 209 Å². The van der Waals surface area contributed by atoms with Gasteiger partial charge in [-0.05, 0) is 60.4 Å². The minimum atomic E-state index is -1.04. The van der Waals surface area contributed by atoms with Gasteiger partial charge >= 0.3 is 0 Å². The molecule has 36 heavy (non-hydrogen) atoms. The van der Waals surface area contributed by atoms with Crippen LogP contribution in [-0.2, 0) is 9.59 Å². The van der Waals surface area contributed by atoms with Crippen molar-refractivity contribution in [2.24, 2.45) is 5.73 Å². The first-order chi connectivity index (χ1) is 17.5. The summed E-state index contributed by atoms with van der Waals surface area (Å²) in [7, 11) is 0. The number of nitrogens with zero attached hydrogens (tertiary/aromatic N) is 1. The Kier molecular flexibility index (Phi) is 10.0. The van der Waals surface area contributed by atoms with E-state index in [1.807, 2.05) is 12.1 Å². The molecule has 1 aliphatic rings. The molecule has 3 rings (SSSR count). The molecular formula is C26H28N6O4. The highest BCUT2D eigenvalue weighted by molar-refractivity contribution is 5.97. The molecule has 1 saturated heterocycles. The highest BCUT2D eigenvalue weighted by Crippen LogP contribution is 2.09. The topological polar surface area (TPSA) is 149 Å². The van der Waals surface area contributed by atoms with Crippen molar-refractivity contribution in [2.45, 2.75) is 6.04 Å². The van der Waals surface area contributed by atoms with E-state index in [4.69, 9.17) is 10.9 Å². The third-order valence-corrected chi connectivity index (χ3v) is 5.34. The first-order valence-corrected chi connectivity index (χ1v) is 11.4. The van der Waals surface area contributed by atoms with Gasteiger partial charge in [0.05, 0.1) is 6.54 Å². The molecule has 1 fully saturated rings. The number of carbonyl (C=O) groups excluding carboxylic acids is 3. The minimum absolute atomic E-state index is 0.0417. The molecule has 0 saturated carbocycles. The van der Waals surface area contributed by atoms with E-state index in [0.717, 1.165) is 31.7 Å². The zero-order valence-electron chi connectivity index (χ0n) is 19.6. The summed E-state index contributed by atoms with van der Waals surface area (Å²) in [5, 5.41) is 17.3. The SMILES string of the molecule is NC[C@H](NC(=O)c1ccc(C#CC#Cc2ccc(NC(=O)CN3CCNCC3)cc2)cc1)C(=O)NO. The van der Waals surface area contributed by atoms with E-state index in [-0.39, 0.29) is 12.5 Å². The monoisotopic (exact) mass is 488 g/mol. The van der Waals surface area contributed by atoms with Crippen LogP contribution in [0, 0.1) is 23.7 Å². The van der Waals surface area contributed by atoms with Crippen LogP contribution in [0.3, 0.4) is 0 Å². The minimum Gasteiger partial charge on any atom is -0.339 e. The average molecular weight is 489 g/mol. The fourth-order valence-electron chi connectivity index (χ4n) is 3.37. The first kappa shape index (κ1) is 26.4. The smallest absolute Gasteiger partial charge is 0.267 e. The largest absolute Gasteiger partial charge is 0.339 e. The molecule has 10 heteroatoms. The van der Waals surface area contributed by atoms with Gasteiger partial charge in [0.1, 0.15) is 6.04 Å². The lowest BCUT2D eigenvalue weighted by Gasteiger charge is -2.26. The molecule has 0 radical (unpaired) electrons. The summed E-state index contributed by atoms with van der Waals surface area (Å²) in [6.45, 7) is 3.74. The predicted octanol–water partition coefficient (Wildman–Crippen LogP) is -0.504. The fraction of sp³-hybridized carbons (Fsp3) is 0.269. The van der Waals surface area contributed by atoms with Gasteiger partial charge in [-0.25, -0.2) is 5.48 Å². The van der Waals surface area contributed by atoms with Gasteiger partial charge in [-0.15, -0.1) is 0 Å². The van der Waals surface area contributed by atoms with E-state index < -0.39 is 17.9 Å². The number of hydrogen-bond acceptors (Lipinski definition) is 7. The number of rotatable bonds is 7. The second-order valence-electron chi connectivity index (χ2n) is 7.97. The van der Waals surface area contributed by atoms with E-state index >= 15 is 0 Å². The van der Waals surface area contributed by atoms with Gasteiger partial charge in [0.15, 0.2) is 0 Å². The van der Waals surface area contributed by atoms with Crippen molar-refractivity contribution in [1.82, 2.24) is 21.0 Å². The number of nitrogens with one attached hydrogen (secondary N) is 4. The van der Waals surface area contributed by atoms with Gasteiger partial charge in [0, 0.05) is 55.1 Å². The number of amides is 3. The summed E-state index contributed by atoms with van der Waals surface area (Å²) in [5.74, 6) is 10.1. The standard InChI is InChI=1S/C26H28N6O4/c27-17-23(26(35)31-36)30-25(34)21-9-5-19(6-10-21)3-1-2-4-20-7-11-22(12-8-20)29-24(33)18-32-15-13-28-14-16-32/h5-12,23,28,36H,13-18,27H2,(H,29,33)(H,30,34)(H,31,35)/t23-/m0/s1. The van der Waals surface area contributed by atoms with Crippen molar-refractivity contribution < 1.29 is 19.6 Å². The molecule has 10 nitrogen and oxygen atoms in total. The summed E-state index contributed by atoms with van der Waals surface area (Å²) in [5.41, 5.74) is 9.34. The molecule has 2 aromatic carbocycles. The van der Waals surface area contributed by atoms with Crippen molar-refractivity contribution in [3.8, 4) is 23.7 Å². The number of nitrogens with two attached hydrogens (primary N) is 1. The van der Waals surface area contributed by atoms with Gasteiger partial charge in [0.25, 0.3) is 11.8 Å². The van der Waals surface area contributed by atoms with Crippen molar-refractivity contribution in [3.05, 3.63) is 65.2 Å². The summed E-state index contributed by atoms with van der Waals surface area (Å²) >= 11 is 0. The second-order valence-corrected chi connectivity index (χ2v) is 7.97. The summed E-state index contributed by atoms with van der Waals surface area (Å²) < 4.78 is 0. The van der Waals surface area contributed by atoms with Crippen LogP contribution >= 0.6 is 0 Å². The van der Waals surface area contributed by atoms with E-state index in [0.29, 0.717) is 23.4 Å². The lowest BCUT2D eigenvalue weighted by atomic mass is 10.1. The van der Waals surface area contributed by atoms with E-state index in [1.165, 1.54) is 5.48 Å². The predicted molar refractivity (Wildman–Crippen MR) is 135 cm³/mol. The quantitative estimate of drug-likeness (QED) is 0.175. The van der Waals surface area contributed by atoms with Crippen molar-refractivity contribution in [3.63, 3.8) is 0 Å². The highest BCUT2D eigenvalue weighted by Gasteiger charge is 2.19. The van der Waals surface area contributed by atoms with Crippen molar-refractivity contribution >= 4 is 23.4 Å².